The predicted octanol–water partition coefficient (Wildman–Crippen LogP) is 1.65. The van der Waals surface area contributed by atoms with E-state index in [1.807, 2.05) is 0 Å². The molecule has 3 aliphatic heterocycles. The molecule has 1 aromatic rings. The Bertz CT molecular complexity index is 629. The van der Waals surface area contributed by atoms with Gasteiger partial charge >= 0.3 is 0 Å². The summed E-state index contributed by atoms with van der Waals surface area (Å²) in [6.45, 7) is 6.19. The maximum Gasteiger partial charge on any atom is 0.230 e. The van der Waals surface area contributed by atoms with E-state index < -0.39 is 0 Å². The topological polar surface area (TPSA) is 36.0 Å². The lowest BCUT2D eigenvalue weighted by molar-refractivity contribution is -0.136. The summed E-state index contributed by atoms with van der Waals surface area (Å²) in [5.74, 6) is 0.663. The first-order chi connectivity index (χ1) is 12.6. The molecule has 0 unspecified atom stereocenters. The Balaban J connectivity index is 1.59. The van der Waals surface area contributed by atoms with Gasteiger partial charge in [-0.1, -0.05) is 30.3 Å². The van der Waals surface area contributed by atoms with Crippen molar-refractivity contribution in [3.63, 3.8) is 0 Å². The molecule has 0 saturated carbocycles. The third kappa shape index (κ3) is 3.17. The average molecular weight is 357 g/mol. The molecular weight excluding hydrogens is 326 g/mol. The Hall–Kier alpha value is -1.43. The van der Waals surface area contributed by atoms with Crippen molar-refractivity contribution in [1.29, 1.82) is 0 Å². The number of carbonyl (C=O) groups is 1. The van der Waals surface area contributed by atoms with Gasteiger partial charge in [-0.05, 0) is 32.5 Å². The molecule has 3 aliphatic rings. The monoisotopic (exact) mass is 357 g/mol. The lowest BCUT2D eigenvalue weighted by atomic mass is 9.73. The summed E-state index contributed by atoms with van der Waals surface area (Å²) in [6, 6.07) is 11.2. The minimum Gasteiger partial charge on any atom is -0.380 e. The van der Waals surface area contributed by atoms with E-state index >= 15 is 0 Å². The maximum absolute atomic E-state index is 13.5. The third-order valence-corrected chi connectivity index (χ3v) is 6.55. The van der Waals surface area contributed by atoms with E-state index in [4.69, 9.17) is 4.74 Å². The van der Waals surface area contributed by atoms with Crippen molar-refractivity contribution >= 4 is 5.91 Å². The normalized spacial score (nSPS) is 32.4. The zero-order valence-corrected chi connectivity index (χ0v) is 16.1. The van der Waals surface area contributed by atoms with Gasteiger partial charge in [0, 0.05) is 51.3 Å². The molecule has 5 nitrogen and oxygen atoms in total. The van der Waals surface area contributed by atoms with E-state index in [-0.39, 0.29) is 5.41 Å². The smallest absolute Gasteiger partial charge is 0.230 e. The molecule has 142 valence electrons. The molecule has 5 heteroatoms. The number of likely N-dealkylation sites (tertiary alicyclic amines) is 2. The van der Waals surface area contributed by atoms with Gasteiger partial charge in [0.15, 0.2) is 0 Å². The zero-order valence-electron chi connectivity index (χ0n) is 16.1. The van der Waals surface area contributed by atoms with Crippen LogP contribution in [0, 0.1) is 5.41 Å². The van der Waals surface area contributed by atoms with Crippen LogP contribution in [0.5, 0.6) is 0 Å². The van der Waals surface area contributed by atoms with Gasteiger partial charge in [0.2, 0.25) is 5.91 Å². The molecule has 26 heavy (non-hydrogen) atoms. The fourth-order valence-electron chi connectivity index (χ4n) is 5.01. The van der Waals surface area contributed by atoms with Crippen LogP contribution in [0.4, 0.5) is 0 Å². The highest BCUT2D eigenvalue weighted by molar-refractivity contribution is 5.87. The van der Waals surface area contributed by atoms with Gasteiger partial charge in [-0.3, -0.25) is 9.69 Å². The average Bonchev–Trinajstić information content (AvgIpc) is 3.36. The highest BCUT2D eigenvalue weighted by Gasteiger charge is 2.57. The number of likely N-dealkylation sites (N-methyl/N-ethyl adjacent to an activating group) is 1. The lowest BCUT2D eigenvalue weighted by Crippen LogP contribution is -2.42. The van der Waals surface area contributed by atoms with E-state index in [1.165, 1.54) is 5.56 Å². The molecule has 0 N–H and O–H groups in total. The minimum atomic E-state index is -0.254. The number of benzene rings is 1. The first kappa shape index (κ1) is 18.0. The first-order valence-corrected chi connectivity index (χ1v) is 9.91. The Morgan fingerprint density at radius 3 is 2.77 bits per heavy atom. The molecule has 3 saturated heterocycles. The van der Waals surface area contributed by atoms with Crippen molar-refractivity contribution in [2.45, 2.75) is 24.8 Å². The van der Waals surface area contributed by atoms with Crippen molar-refractivity contribution < 1.29 is 9.53 Å². The Labute approximate surface area is 156 Å². The Morgan fingerprint density at radius 2 is 2.08 bits per heavy atom. The molecular formula is C21H31N3O2. The Morgan fingerprint density at radius 1 is 1.27 bits per heavy atom. The second-order valence-electron chi connectivity index (χ2n) is 8.41. The zero-order chi connectivity index (χ0) is 18.1. The number of amides is 1. The highest BCUT2D eigenvalue weighted by Crippen LogP contribution is 2.50. The quantitative estimate of drug-likeness (QED) is 0.803. The number of hydrogen-bond donors (Lipinski definition) is 0. The first-order valence-electron chi connectivity index (χ1n) is 9.91. The summed E-state index contributed by atoms with van der Waals surface area (Å²) in [5.41, 5.74) is 1.06. The summed E-state index contributed by atoms with van der Waals surface area (Å²) in [5, 5.41) is 0. The number of hydrogen-bond acceptors (Lipinski definition) is 4. The van der Waals surface area contributed by atoms with Crippen LogP contribution in [-0.4, -0.2) is 86.7 Å². The van der Waals surface area contributed by atoms with Gasteiger partial charge in [-0.15, -0.1) is 0 Å². The van der Waals surface area contributed by atoms with Crippen LogP contribution >= 0.6 is 0 Å². The van der Waals surface area contributed by atoms with Crippen LogP contribution < -0.4 is 0 Å². The number of ether oxygens (including phenoxy) is 1. The maximum atomic E-state index is 13.5. The SMILES string of the molecule is CN(C)CCN1CC[C@]2(CN([C@@H]3CCOC3)C[C@H]2c2ccccc2)C1=O. The van der Waals surface area contributed by atoms with Crippen LogP contribution in [0.2, 0.25) is 0 Å². The summed E-state index contributed by atoms with van der Waals surface area (Å²) in [4.78, 5) is 20.3. The van der Waals surface area contributed by atoms with Crippen molar-refractivity contribution in [2.75, 3.05) is 60.0 Å². The summed E-state index contributed by atoms with van der Waals surface area (Å²) in [6.07, 6.45) is 2.07. The summed E-state index contributed by atoms with van der Waals surface area (Å²) >= 11 is 0. The molecule has 3 heterocycles. The molecule has 0 aromatic heterocycles. The molecule has 0 radical (unpaired) electrons. The second-order valence-corrected chi connectivity index (χ2v) is 8.41. The molecule has 4 rings (SSSR count). The fourth-order valence-corrected chi connectivity index (χ4v) is 5.01. The van der Waals surface area contributed by atoms with E-state index in [9.17, 15) is 4.79 Å². The van der Waals surface area contributed by atoms with Crippen molar-refractivity contribution in [2.24, 2.45) is 5.41 Å². The van der Waals surface area contributed by atoms with Crippen LogP contribution in [0.25, 0.3) is 0 Å². The van der Waals surface area contributed by atoms with Crippen LogP contribution in [-0.2, 0) is 9.53 Å². The standard InChI is InChI=1S/C21H31N3O2/c1-22(2)11-12-23-10-9-21(20(23)25)16-24(18-8-13-26-15-18)14-19(21)17-6-4-3-5-7-17/h3-7,18-19H,8-16H2,1-2H3/t18-,19+,21-/m1/s1. The minimum absolute atomic E-state index is 0.254. The molecule has 1 spiro atoms. The molecule has 1 amide bonds. The van der Waals surface area contributed by atoms with E-state index in [1.54, 1.807) is 0 Å². The van der Waals surface area contributed by atoms with E-state index in [0.717, 1.165) is 58.8 Å². The van der Waals surface area contributed by atoms with Crippen molar-refractivity contribution in [3.05, 3.63) is 35.9 Å². The van der Waals surface area contributed by atoms with Gasteiger partial charge < -0.3 is 14.5 Å². The lowest BCUT2D eigenvalue weighted by Gasteiger charge is -2.30. The van der Waals surface area contributed by atoms with Gasteiger partial charge in [0.1, 0.15) is 0 Å². The fraction of sp³-hybridized carbons (Fsp3) is 0.667. The van der Waals surface area contributed by atoms with Crippen LogP contribution in [0.15, 0.2) is 30.3 Å². The number of carbonyl (C=O) groups excluding carboxylic acids is 1. The molecule has 1 aromatic carbocycles. The summed E-state index contributed by atoms with van der Waals surface area (Å²) in [7, 11) is 4.14. The largest absolute Gasteiger partial charge is 0.380 e. The van der Waals surface area contributed by atoms with Crippen molar-refractivity contribution in [1.82, 2.24) is 14.7 Å². The molecule has 0 aliphatic carbocycles. The molecule has 0 bridgehead atoms. The number of rotatable bonds is 5. The van der Waals surface area contributed by atoms with Gasteiger partial charge in [0.05, 0.1) is 12.0 Å². The van der Waals surface area contributed by atoms with Gasteiger partial charge in [-0.25, -0.2) is 0 Å². The molecule has 3 fully saturated rings. The van der Waals surface area contributed by atoms with Crippen LogP contribution in [0.3, 0.4) is 0 Å². The van der Waals surface area contributed by atoms with E-state index in [0.29, 0.717) is 17.9 Å². The van der Waals surface area contributed by atoms with Crippen molar-refractivity contribution in [3.8, 4) is 0 Å². The Kier molecular flexibility index (Phi) is 5.04. The van der Waals surface area contributed by atoms with Gasteiger partial charge in [0.25, 0.3) is 0 Å². The summed E-state index contributed by atoms with van der Waals surface area (Å²) < 4.78 is 5.63. The van der Waals surface area contributed by atoms with Crippen LogP contribution in [0.1, 0.15) is 24.3 Å². The third-order valence-electron chi connectivity index (χ3n) is 6.55. The number of nitrogens with zero attached hydrogens (tertiary/aromatic N) is 3. The highest BCUT2D eigenvalue weighted by atomic mass is 16.5. The predicted molar refractivity (Wildman–Crippen MR) is 102 cm³/mol. The molecule has 3 atom stereocenters. The second kappa shape index (κ2) is 7.29. The van der Waals surface area contributed by atoms with Gasteiger partial charge in [-0.2, -0.15) is 0 Å². The van der Waals surface area contributed by atoms with E-state index in [2.05, 4.69) is 59.1 Å².